The second kappa shape index (κ2) is 3.62. The molecule has 0 spiro atoms. The van der Waals surface area contributed by atoms with Gasteiger partial charge in [0, 0.05) is 6.21 Å². The molecule has 12 heavy (non-hydrogen) atoms. The maximum atomic E-state index is 4.21. The molecule has 0 bridgehead atoms. The third-order valence-corrected chi connectivity index (χ3v) is 1.94. The van der Waals surface area contributed by atoms with Gasteiger partial charge < -0.3 is 0 Å². The van der Waals surface area contributed by atoms with E-state index in [-0.39, 0.29) is 0 Å². The van der Waals surface area contributed by atoms with Crippen LogP contribution < -0.4 is 5.72 Å². The predicted octanol–water partition coefficient (Wildman–Crippen LogP) is 0.200. The van der Waals surface area contributed by atoms with Crippen molar-refractivity contribution in [2.24, 2.45) is 4.99 Å². The zero-order valence-electron chi connectivity index (χ0n) is 7.15. The Hall–Kier alpha value is -0.965. The minimum absolute atomic E-state index is 0.730. The Morgan fingerprint density at radius 1 is 1.75 bits per heavy atom. The lowest BCUT2D eigenvalue weighted by atomic mass is 10.1. The largest absolute Gasteiger partial charge is 0.266 e. The van der Waals surface area contributed by atoms with Crippen LogP contribution in [-0.2, 0) is 0 Å². The van der Waals surface area contributed by atoms with E-state index in [0.29, 0.717) is 0 Å². The lowest BCUT2D eigenvalue weighted by molar-refractivity contribution is 1.29. The van der Waals surface area contributed by atoms with E-state index in [1.807, 2.05) is 14.8 Å². The highest BCUT2D eigenvalue weighted by atomic mass is 32.1. The molecule has 1 rings (SSSR count). The summed E-state index contributed by atoms with van der Waals surface area (Å²) in [6.45, 7) is 5.49. The van der Waals surface area contributed by atoms with Gasteiger partial charge in [0.25, 0.3) is 0 Å². The maximum Gasteiger partial charge on any atom is 0.187 e. The molecule has 0 saturated carbocycles. The van der Waals surface area contributed by atoms with Crippen LogP contribution in [0, 0.1) is 0 Å². The topological polar surface area (TPSA) is 30.2 Å². The van der Waals surface area contributed by atoms with Gasteiger partial charge in [0.15, 0.2) is 13.7 Å². The van der Waals surface area contributed by atoms with Crippen LogP contribution in [0.2, 0.25) is 0 Å². The van der Waals surface area contributed by atoms with E-state index in [1.165, 1.54) is 0 Å². The fourth-order valence-electron chi connectivity index (χ4n) is 0.913. The maximum absolute atomic E-state index is 4.21. The van der Waals surface area contributed by atoms with E-state index in [9.17, 15) is 0 Å². The van der Waals surface area contributed by atoms with Crippen molar-refractivity contribution >= 4 is 44.5 Å². The Kier molecular flexibility index (Phi) is 2.76. The van der Waals surface area contributed by atoms with Crippen molar-refractivity contribution in [3.05, 3.63) is 12.3 Å². The molecule has 1 aromatic heterocycles. The van der Waals surface area contributed by atoms with E-state index in [0.717, 1.165) is 17.2 Å². The number of hydrogen-bond donors (Lipinski definition) is 1. The second-order valence-electron chi connectivity index (χ2n) is 2.27. The highest BCUT2D eigenvalue weighted by molar-refractivity contribution is 7.78. The van der Waals surface area contributed by atoms with E-state index >= 15 is 0 Å². The summed E-state index contributed by atoms with van der Waals surface area (Å²) in [5, 5.41) is 0. The molecule has 0 aliphatic rings. The van der Waals surface area contributed by atoms with Gasteiger partial charge in [-0.3, -0.25) is 3.97 Å². The number of rotatable bonds is 2. The molecule has 0 N–H and O–H groups in total. The van der Waals surface area contributed by atoms with Crippen LogP contribution in [0.15, 0.2) is 11.6 Å². The van der Waals surface area contributed by atoms with Crippen LogP contribution in [0.5, 0.6) is 0 Å². The molecule has 0 aliphatic carbocycles. The fraction of sp³-hybridized carbons (Fsp3) is 0.143. The lowest BCUT2D eigenvalue weighted by Crippen LogP contribution is -2.11. The molecule has 0 atom stereocenters. The summed E-state index contributed by atoms with van der Waals surface area (Å²) in [6.07, 6.45) is 3.37. The third kappa shape index (κ3) is 1.45. The molecule has 0 saturated heterocycles. The van der Waals surface area contributed by atoms with Gasteiger partial charge in [-0.15, -0.1) is 0 Å². The monoisotopic (exact) mass is 179 g/mol. The Morgan fingerprint density at radius 2 is 2.42 bits per heavy atom. The van der Waals surface area contributed by atoms with Gasteiger partial charge in [-0.25, -0.2) is 9.98 Å². The predicted molar refractivity (Wildman–Crippen MR) is 58.7 cm³/mol. The molecule has 0 aromatic carbocycles. The molecule has 62 valence electrons. The van der Waals surface area contributed by atoms with Crippen molar-refractivity contribution in [3.8, 4) is 0 Å². The number of nitrogens with zero attached hydrogens (tertiary/aromatic N) is 3. The van der Waals surface area contributed by atoms with Gasteiger partial charge in [-0.05, 0) is 13.0 Å². The molecule has 3 nitrogen and oxygen atoms in total. The number of hydrogen-bond acceptors (Lipinski definition) is 3. The summed E-state index contributed by atoms with van der Waals surface area (Å²) < 4.78 is 1.64. The van der Waals surface area contributed by atoms with Crippen LogP contribution in [0.1, 0.15) is 12.6 Å². The van der Waals surface area contributed by atoms with Crippen LogP contribution in [0.3, 0.4) is 0 Å². The summed E-state index contributed by atoms with van der Waals surface area (Å²) in [5.74, 6) is 0.730. The first kappa shape index (κ1) is 9.13. The average molecular weight is 179 g/mol. The summed E-state index contributed by atoms with van der Waals surface area (Å²) in [5.41, 5.74) is 1.58. The standard InChI is InChI=1S/C7H10BN3S/c1-3-5-6(9-4-2)11(12)7(8)10-5/h3-4,12H,1,8H2,2H3/b9-4-. The summed E-state index contributed by atoms with van der Waals surface area (Å²) >= 11 is 4.21. The Morgan fingerprint density at radius 3 is 2.92 bits per heavy atom. The van der Waals surface area contributed by atoms with Crippen molar-refractivity contribution < 1.29 is 0 Å². The van der Waals surface area contributed by atoms with Crippen molar-refractivity contribution in [2.75, 3.05) is 0 Å². The molecule has 1 aromatic rings. The summed E-state index contributed by atoms with van der Waals surface area (Å²) in [6, 6.07) is 0. The quantitative estimate of drug-likeness (QED) is 0.392. The van der Waals surface area contributed by atoms with Gasteiger partial charge in [-0.2, -0.15) is 0 Å². The zero-order valence-corrected chi connectivity index (χ0v) is 8.05. The first-order valence-electron chi connectivity index (χ1n) is 3.60. The molecule has 0 amide bonds. The number of thiol groups is 1. The zero-order chi connectivity index (χ0) is 9.14. The number of aromatic nitrogens is 2. The van der Waals surface area contributed by atoms with Crippen molar-refractivity contribution in [2.45, 2.75) is 6.92 Å². The molecular weight excluding hydrogens is 169 g/mol. The van der Waals surface area contributed by atoms with Gasteiger partial charge in [0.2, 0.25) is 0 Å². The first-order valence-corrected chi connectivity index (χ1v) is 4.00. The Bertz CT molecular complexity index is 330. The van der Waals surface area contributed by atoms with Crippen LogP contribution in [-0.4, -0.2) is 23.0 Å². The highest BCUT2D eigenvalue weighted by Crippen LogP contribution is 2.17. The van der Waals surface area contributed by atoms with Crippen LogP contribution in [0.25, 0.3) is 6.08 Å². The normalized spacial score (nSPS) is 10.8. The van der Waals surface area contributed by atoms with E-state index < -0.39 is 0 Å². The highest BCUT2D eigenvalue weighted by Gasteiger charge is 2.07. The second-order valence-corrected chi connectivity index (χ2v) is 2.67. The lowest BCUT2D eigenvalue weighted by Gasteiger charge is -1.95. The molecular formula is C7H10BN3S. The van der Waals surface area contributed by atoms with Crippen LogP contribution in [0.4, 0.5) is 5.82 Å². The molecule has 5 heteroatoms. The van der Waals surface area contributed by atoms with Gasteiger partial charge in [0.05, 0.1) is 5.72 Å². The minimum atomic E-state index is 0.730. The first-order chi connectivity index (χ1) is 5.70. The van der Waals surface area contributed by atoms with Crippen molar-refractivity contribution in [3.63, 3.8) is 0 Å². The summed E-state index contributed by atoms with van der Waals surface area (Å²) in [4.78, 5) is 8.33. The molecule has 0 aliphatic heterocycles. The Balaban J connectivity index is 3.30. The molecule has 0 radical (unpaired) electrons. The SMILES string of the molecule is Bc1nc(C=C)c(/N=C\C)n1S. The third-order valence-electron chi connectivity index (χ3n) is 1.46. The molecule has 1 heterocycles. The Labute approximate surface area is 78.2 Å². The van der Waals surface area contributed by atoms with E-state index in [4.69, 9.17) is 0 Å². The van der Waals surface area contributed by atoms with E-state index in [2.05, 4.69) is 29.4 Å². The number of aliphatic imine (C=N–C) groups is 1. The minimum Gasteiger partial charge on any atom is -0.266 e. The average Bonchev–Trinajstić information content (AvgIpc) is 2.33. The smallest absolute Gasteiger partial charge is 0.187 e. The number of imidazole rings is 1. The van der Waals surface area contributed by atoms with Gasteiger partial charge >= 0.3 is 0 Å². The van der Waals surface area contributed by atoms with Gasteiger partial charge in [0.1, 0.15) is 5.69 Å². The van der Waals surface area contributed by atoms with Crippen molar-refractivity contribution in [1.29, 1.82) is 0 Å². The molecule has 0 unspecified atom stereocenters. The summed E-state index contributed by atoms with van der Waals surface area (Å²) in [7, 11) is 1.87. The van der Waals surface area contributed by atoms with Gasteiger partial charge in [-0.1, -0.05) is 19.4 Å². The van der Waals surface area contributed by atoms with Crippen LogP contribution >= 0.6 is 12.8 Å². The molecule has 0 fully saturated rings. The van der Waals surface area contributed by atoms with E-state index in [1.54, 1.807) is 16.3 Å². The van der Waals surface area contributed by atoms with Crippen molar-refractivity contribution in [1.82, 2.24) is 8.96 Å². The fourth-order valence-corrected chi connectivity index (χ4v) is 1.11.